The second-order valence-corrected chi connectivity index (χ2v) is 6.41. The number of alkyl halides is 1. The van der Waals surface area contributed by atoms with Crippen LogP contribution in [-0.2, 0) is 0 Å². The summed E-state index contributed by atoms with van der Waals surface area (Å²) in [7, 11) is 0. The maximum Gasteiger partial charge on any atom is 0.124 e. The second-order valence-electron chi connectivity index (χ2n) is 5.57. The molecule has 0 fully saturated rings. The Bertz CT molecular complexity index is 676. The Morgan fingerprint density at radius 2 is 1.33 bits per heavy atom. The zero-order valence-electron chi connectivity index (χ0n) is 12.9. The lowest BCUT2D eigenvalue weighted by atomic mass is 9.86. The second kappa shape index (κ2) is 5.98. The molecular weight excluding hydrogens is 306 g/mol. The van der Waals surface area contributed by atoms with Crippen LogP contribution in [-0.4, -0.2) is 0 Å². The molecule has 0 radical (unpaired) electrons. The standard InChI is InChI=1S/C18H19Cl2F/c1-9-10(2)12(4)17(13(5)11(9)3)18(20)15-7-6-14(21)8-16(15)19/h6-8,18H,1-5H3. The van der Waals surface area contributed by atoms with Crippen LogP contribution >= 0.6 is 23.2 Å². The normalized spacial score (nSPS) is 12.6. The average molecular weight is 325 g/mol. The lowest BCUT2D eigenvalue weighted by Gasteiger charge is -2.23. The van der Waals surface area contributed by atoms with E-state index in [-0.39, 0.29) is 11.2 Å². The van der Waals surface area contributed by atoms with Crippen LogP contribution in [0.4, 0.5) is 4.39 Å². The first-order valence-corrected chi connectivity index (χ1v) is 7.73. The van der Waals surface area contributed by atoms with Crippen molar-refractivity contribution in [3.8, 4) is 0 Å². The summed E-state index contributed by atoms with van der Waals surface area (Å²) in [6.45, 7) is 10.5. The molecule has 1 atom stereocenters. The van der Waals surface area contributed by atoms with Crippen molar-refractivity contribution >= 4 is 23.2 Å². The summed E-state index contributed by atoms with van der Waals surface area (Å²) >= 11 is 12.9. The fourth-order valence-electron chi connectivity index (χ4n) is 2.77. The maximum atomic E-state index is 13.2. The van der Waals surface area contributed by atoms with Crippen LogP contribution in [0.3, 0.4) is 0 Å². The van der Waals surface area contributed by atoms with Gasteiger partial charge in [0, 0.05) is 5.02 Å². The Morgan fingerprint density at radius 3 is 1.81 bits per heavy atom. The summed E-state index contributed by atoms with van der Waals surface area (Å²) in [4.78, 5) is 0. The van der Waals surface area contributed by atoms with E-state index in [2.05, 4.69) is 34.6 Å². The third-order valence-electron chi connectivity index (χ3n) is 4.55. The lowest BCUT2D eigenvalue weighted by Crippen LogP contribution is -2.06. The number of halogens is 3. The zero-order valence-corrected chi connectivity index (χ0v) is 14.5. The van der Waals surface area contributed by atoms with Crippen LogP contribution in [0.25, 0.3) is 0 Å². The maximum absolute atomic E-state index is 13.2. The van der Waals surface area contributed by atoms with E-state index in [9.17, 15) is 4.39 Å². The van der Waals surface area contributed by atoms with Crippen LogP contribution in [0.5, 0.6) is 0 Å². The van der Waals surface area contributed by atoms with Gasteiger partial charge in [0.2, 0.25) is 0 Å². The molecule has 0 N–H and O–H groups in total. The van der Waals surface area contributed by atoms with Gasteiger partial charge in [0.05, 0.1) is 5.38 Å². The van der Waals surface area contributed by atoms with Gasteiger partial charge in [-0.15, -0.1) is 11.6 Å². The van der Waals surface area contributed by atoms with Gasteiger partial charge in [0.25, 0.3) is 0 Å². The summed E-state index contributed by atoms with van der Waals surface area (Å²) < 4.78 is 13.2. The highest BCUT2D eigenvalue weighted by Crippen LogP contribution is 2.39. The molecule has 2 aromatic carbocycles. The van der Waals surface area contributed by atoms with Crippen molar-refractivity contribution in [3.05, 3.63) is 68.0 Å². The minimum Gasteiger partial charge on any atom is -0.207 e. The number of benzene rings is 2. The highest BCUT2D eigenvalue weighted by molar-refractivity contribution is 6.33. The quantitative estimate of drug-likeness (QED) is 0.564. The molecule has 0 heterocycles. The molecule has 0 saturated heterocycles. The molecule has 2 aromatic rings. The molecule has 0 aliphatic heterocycles. The van der Waals surface area contributed by atoms with Gasteiger partial charge >= 0.3 is 0 Å². The van der Waals surface area contributed by atoms with E-state index >= 15 is 0 Å². The molecule has 0 spiro atoms. The Hall–Kier alpha value is -1.05. The number of hydrogen-bond donors (Lipinski definition) is 0. The molecule has 1 unspecified atom stereocenters. The van der Waals surface area contributed by atoms with Gasteiger partial charge in [0.15, 0.2) is 0 Å². The highest BCUT2D eigenvalue weighted by Gasteiger charge is 2.22. The largest absolute Gasteiger partial charge is 0.207 e. The van der Waals surface area contributed by atoms with Gasteiger partial charge in [-0.25, -0.2) is 4.39 Å². The molecule has 2 rings (SSSR count). The molecule has 0 aliphatic rings. The van der Waals surface area contributed by atoms with Crippen LogP contribution in [0.1, 0.15) is 44.3 Å². The van der Waals surface area contributed by atoms with Gasteiger partial charge < -0.3 is 0 Å². The predicted octanol–water partition coefficient (Wildman–Crippen LogP) is 6.35. The molecule has 112 valence electrons. The van der Waals surface area contributed by atoms with Crippen molar-refractivity contribution in [1.82, 2.24) is 0 Å². The van der Waals surface area contributed by atoms with Gasteiger partial charge in [-0.3, -0.25) is 0 Å². The Balaban J connectivity index is 2.66. The van der Waals surface area contributed by atoms with Crippen LogP contribution < -0.4 is 0 Å². The van der Waals surface area contributed by atoms with E-state index in [4.69, 9.17) is 23.2 Å². The Morgan fingerprint density at radius 1 is 0.857 bits per heavy atom. The summed E-state index contributed by atoms with van der Waals surface area (Å²) in [6, 6.07) is 4.37. The van der Waals surface area contributed by atoms with E-state index in [0.29, 0.717) is 5.02 Å². The summed E-state index contributed by atoms with van der Waals surface area (Å²) in [5.74, 6) is -0.350. The molecule has 0 bridgehead atoms. The third-order valence-corrected chi connectivity index (χ3v) is 5.33. The van der Waals surface area contributed by atoms with E-state index in [1.54, 1.807) is 6.07 Å². The van der Waals surface area contributed by atoms with Crippen molar-refractivity contribution in [1.29, 1.82) is 0 Å². The lowest BCUT2D eigenvalue weighted by molar-refractivity contribution is 0.627. The topological polar surface area (TPSA) is 0 Å². The fourth-order valence-corrected chi connectivity index (χ4v) is 3.62. The first kappa shape index (κ1) is 16.3. The van der Waals surface area contributed by atoms with Crippen molar-refractivity contribution in [2.45, 2.75) is 40.0 Å². The van der Waals surface area contributed by atoms with E-state index in [1.807, 2.05) is 0 Å². The Kier molecular flexibility index (Phi) is 4.65. The first-order chi connectivity index (χ1) is 9.75. The Labute approximate surface area is 135 Å². The number of hydrogen-bond acceptors (Lipinski definition) is 0. The monoisotopic (exact) mass is 324 g/mol. The van der Waals surface area contributed by atoms with Crippen molar-refractivity contribution < 1.29 is 4.39 Å². The van der Waals surface area contributed by atoms with Gasteiger partial charge in [-0.2, -0.15) is 0 Å². The van der Waals surface area contributed by atoms with Crippen LogP contribution in [0, 0.1) is 40.4 Å². The van der Waals surface area contributed by atoms with Gasteiger partial charge in [0.1, 0.15) is 5.82 Å². The fraction of sp³-hybridized carbons (Fsp3) is 0.333. The third kappa shape index (κ3) is 2.82. The summed E-state index contributed by atoms with van der Waals surface area (Å²) in [5, 5.41) is -0.0132. The van der Waals surface area contributed by atoms with Crippen LogP contribution in [0.15, 0.2) is 18.2 Å². The minimum atomic E-state index is -0.379. The molecule has 0 aliphatic carbocycles. The number of rotatable bonds is 2. The summed E-state index contributed by atoms with van der Waals surface area (Å²) in [6.07, 6.45) is 0. The van der Waals surface area contributed by atoms with Crippen LogP contribution in [0.2, 0.25) is 5.02 Å². The first-order valence-electron chi connectivity index (χ1n) is 6.91. The van der Waals surface area contributed by atoms with Gasteiger partial charge in [-0.05, 0) is 85.7 Å². The van der Waals surface area contributed by atoms with Crippen molar-refractivity contribution in [3.63, 3.8) is 0 Å². The van der Waals surface area contributed by atoms with Crippen molar-refractivity contribution in [2.75, 3.05) is 0 Å². The zero-order chi connectivity index (χ0) is 15.9. The smallest absolute Gasteiger partial charge is 0.124 e. The van der Waals surface area contributed by atoms with E-state index in [0.717, 1.165) is 11.1 Å². The molecule has 0 saturated carbocycles. The predicted molar refractivity (Wildman–Crippen MR) is 89.2 cm³/mol. The minimum absolute atomic E-state index is 0.350. The molecule has 0 nitrogen and oxygen atoms in total. The van der Waals surface area contributed by atoms with E-state index < -0.39 is 0 Å². The summed E-state index contributed by atoms with van der Waals surface area (Å²) in [5.41, 5.74) is 7.96. The average Bonchev–Trinajstić information content (AvgIpc) is 2.43. The van der Waals surface area contributed by atoms with Gasteiger partial charge in [-0.1, -0.05) is 17.7 Å². The molecule has 21 heavy (non-hydrogen) atoms. The molecular formula is C18H19Cl2F. The molecule has 0 aromatic heterocycles. The highest BCUT2D eigenvalue weighted by atomic mass is 35.5. The van der Waals surface area contributed by atoms with E-state index in [1.165, 1.54) is 39.9 Å². The van der Waals surface area contributed by atoms with Crippen molar-refractivity contribution in [2.24, 2.45) is 0 Å². The molecule has 3 heteroatoms. The molecule has 0 amide bonds. The SMILES string of the molecule is Cc1c(C)c(C)c(C(Cl)c2ccc(F)cc2Cl)c(C)c1C.